The Balaban J connectivity index is 1.70. The molecule has 6 nitrogen and oxygen atoms in total. The topological polar surface area (TPSA) is 79.2 Å². The fourth-order valence-corrected chi connectivity index (χ4v) is 4.87. The molecule has 7 heteroatoms. The van der Waals surface area contributed by atoms with E-state index < -0.39 is 5.97 Å². The van der Waals surface area contributed by atoms with Crippen LogP contribution in [0.2, 0.25) is 0 Å². The third kappa shape index (κ3) is 5.63. The van der Waals surface area contributed by atoms with E-state index >= 15 is 0 Å². The van der Waals surface area contributed by atoms with Crippen molar-refractivity contribution < 1.29 is 19.4 Å². The first-order chi connectivity index (χ1) is 13.8. The lowest BCUT2D eigenvalue weighted by molar-refractivity contribution is -0.139. The maximum absolute atomic E-state index is 12.5. The second-order valence-corrected chi connectivity index (χ2v) is 9.30. The summed E-state index contributed by atoms with van der Waals surface area (Å²) >= 11 is 1.45. The van der Waals surface area contributed by atoms with Crippen molar-refractivity contribution in [2.75, 3.05) is 13.2 Å². The molecular formula is C22H28N2O4S. The number of aliphatic carboxylic acids is 1. The van der Waals surface area contributed by atoms with E-state index in [1.54, 1.807) is 24.3 Å². The molecule has 0 unspecified atom stereocenters. The Labute approximate surface area is 176 Å². The standard InChI is InChI=1S/C22H28N2O4S/c1-4-16-13-22(2,3)10-5-11-24(16)21-23-20(27)18(29-21)12-15-6-8-17(9-7-15)28-14-19(25)26/h6-9,12,16H,4-5,10-11,13-14H2,1-3H3,(H,25,26)/b18-12-/t16-/m0/s1. The molecule has 1 amide bonds. The van der Waals surface area contributed by atoms with E-state index in [2.05, 4.69) is 30.7 Å². The molecule has 0 radical (unpaired) electrons. The molecule has 1 N–H and O–H groups in total. The molecule has 1 saturated heterocycles. The second kappa shape index (κ2) is 9.03. The highest BCUT2D eigenvalue weighted by molar-refractivity contribution is 8.18. The molecule has 3 rings (SSSR count). The minimum Gasteiger partial charge on any atom is -0.482 e. The Morgan fingerprint density at radius 1 is 1.38 bits per heavy atom. The van der Waals surface area contributed by atoms with Crippen LogP contribution in [0.1, 0.15) is 52.0 Å². The molecule has 1 aromatic carbocycles. The number of thioether (sulfide) groups is 1. The van der Waals surface area contributed by atoms with E-state index in [9.17, 15) is 9.59 Å². The van der Waals surface area contributed by atoms with Crippen LogP contribution in [-0.4, -0.2) is 46.2 Å². The summed E-state index contributed by atoms with van der Waals surface area (Å²) in [6.07, 6.45) is 6.26. The average molecular weight is 417 g/mol. The van der Waals surface area contributed by atoms with Crippen molar-refractivity contribution in [2.45, 2.75) is 52.5 Å². The number of ether oxygens (including phenoxy) is 1. The van der Waals surface area contributed by atoms with Crippen LogP contribution in [0.4, 0.5) is 0 Å². The van der Waals surface area contributed by atoms with Crippen molar-refractivity contribution in [1.82, 2.24) is 4.90 Å². The number of amidine groups is 1. The monoisotopic (exact) mass is 416 g/mol. The summed E-state index contributed by atoms with van der Waals surface area (Å²) in [5.74, 6) is -0.736. The van der Waals surface area contributed by atoms with Crippen molar-refractivity contribution >= 4 is 34.9 Å². The highest BCUT2D eigenvalue weighted by Gasteiger charge is 2.34. The smallest absolute Gasteiger partial charge is 0.341 e. The second-order valence-electron chi connectivity index (χ2n) is 8.29. The van der Waals surface area contributed by atoms with Gasteiger partial charge in [0.2, 0.25) is 0 Å². The largest absolute Gasteiger partial charge is 0.482 e. The zero-order chi connectivity index (χ0) is 21.0. The van der Waals surface area contributed by atoms with Gasteiger partial charge in [-0.1, -0.05) is 32.9 Å². The van der Waals surface area contributed by atoms with Gasteiger partial charge in [-0.05, 0) is 66.6 Å². The fourth-order valence-electron chi connectivity index (χ4n) is 3.85. The van der Waals surface area contributed by atoms with Gasteiger partial charge in [0.15, 0.2) is 11.8 Å². The van der Waals surface area contributed by atoms with Crippen LogP contribution in [0.25, 0.3) is 6.08 Å². The SMILES string of the molecule is CC[C@H]1CC(C)(C)CCCN1C1=NC(=O)/C(=C/c2ccc(OCC(=O)O)cc2)S1. The van der Waals surface area contributed by atoms with Crippen LogP contribution in [0, 0.1) is 5.41 Å². The van der Waals surface area contributed by atoms with E-state index in [1.165, 1.54) is 18.2 Å². The Kier molecular flexibility index (Phi) is 6.67. The van der Waals surface area contributed by atoms with Gasteiger partial charge in [0, 0.05) is 12.6 Å². The van der Waals surface area contributed by atoms with Crippen molar-refractivity contribution in [3.8, 4) is 5.75 Å². The molecule has 29 heavy (non-hydrogen) atoms. The van der Waals surface area contributed by atoms with Crippen LogP contribution >= 0.6 is 11.8 Å². The lowest BCUT2D eigenvalue weighted by Gasteiger charge is -2.33. The van der Waals surface area contributed by atoms with Crippen LogP contribution in [0.5, 0.6) is 5.75 Å². The van der Waals surface area contributed by atoms with Crippen molar-refractivity contribution in [1.29, 1.82) is 0 Å². The lowest BCUT2D eigenvalue weighted by atomic mass is 9.82. The van der Waals surface area contributed by atoms with E-state index in [1.807, 2.05) is 6.08 Å². The fraction of sp³-hybridized carbons (Fsp3) is 0.500. The van der Waals surface area contributed by atoms with Gasteiger partial charge >= 0.3 is 5.97 Å². The number of carbonyl (C=O) groups excluding carboxylic acids is 1. The number of carbonyl (C=O) groups is 2. The molecule has 2 aliphatic rings. The Hall–Kier alpha value is -2.28. The van der Waals surface area contributed by atoms with Gasteiger partial charge < -0.3 is 14.7 Å². The molecule has 0 saturated carbocycles. The zero-order valence-electron chi connectivity index (χ0n) is 17.2. The number of benzene rings is 1. The number of rotatable bonds is 5. The molecule has 1 fully saturated rings. The van der Waals surface area contributed by atoms with Gasteiger partial charge in [0.05, 0.1) is 4.91 Å². The summed E-state index contributed by atoms with van der Waals surface area (Å²) in [4.78, 5) is 30.4. The molecule has 0 aromatic heterocycles. The maximum Gasteiger partial charge on any atom is 0.341 e. The number of hydrogen-bond acceptors (Lipinski definition) is 5. The van der Waals surface area contributed by atoms with Crippen LogP contribution in [-0.2, 0) is 9.59 Å². The van der Waals surface area contributed by atoms with Crippen molar-refractivity contribution in [3.05, 3.63) is 34.7 Å². The van der Waals surface area contributed by atoms with Crippen LogP contribution in [0.15, 0.2) is 34.2 Å². The van der Waals surface area contributed by atoms with Gasteiger partial charge in [-0.3, -0.25) is 4.79 Å². The van der Waals surface area contributed by atoms with E-state index in [-0.39, 0.29) is 12.5 Å². The van der Waals surface area contributed by atoms with E-state index in [0.717, 1.165) is 36.5 Å². The number of nitrogens with zero attached hydrogens (tertiary/aromatic N) is 2. The molecule has 2 heterocycles. The molecule has 1 atom stereocenters. The molecule has 0 bridgehead atoms. The van der Waals surface area contributed by atoms with E-state index in [0.29, 0.717) is 22.1 Å². The van der Waals surface area contributed by atoms with Crippen molar-refractivity contribution in [3.63, 3.8) is 0 Å². The number of aliphatic imine (C=N–C) groups is 1. The third-order valence-corrected chi connectivity index (χ3v) is 6.37. The quantitative estimate of drug-likeness (QED) is 0.716. The molecule has 0 spiro atoms. The summed E-state index contributed by atoms with van der Waals surface area (Å²) in [7, 11) is 0. The molecule has 0 aliphatic carbocycles. The van der Waals surface area contributed by atoms with Crippen LogP contribution in [0.3, 0.4) is 0 Å². The first-order valence-corrected chi connectivity index (χ1v) is 10.8. The maximum atomic E-state index is 12.5. The Bertz CT molecular complexity index is 830. The van der Waals surface area contributed by atoms with Gasteiger partial charge in [-0.25, -0.2) is 4.79 Å². The first-order valence-electron chi connectivity index (χ1n) is 10.0. The minimum atomic E-state index is -1.02. The summed E-state index contributed by atoms with van der Waals surface area (Å²) in [5.41, 5.74) is 1.16. The summed E-state index contributed by atoms with van der Waals surface area (Å²) in [5, 5.41) is 9.48. The lowest BCUT2D eigenvalue weighted by Crippen LogP contribution is -2.38. The summed E-state index contributed by atoms with van der Waals surface area (Å²) in [6, 6.07) is 7.41. The first kappa shape index (κ1) is 21.4. The molecular weight excluding hydrogens is 388 g/mol. The van der Waals surface area contributed by atoms with Gasteiger partial charge in [-0.15, -0.1) is 0 Å². The zero-order valence-corrected chi connectivity index (χ0v) is 18.0. The molecule has 156 valence electrons. The number of carboxylic acid groups (broad SMARTS) is 1. The highest BCUT2D eigenvalue weighted by Crippen LogP contribution is 2.38. The number of likely N-dealkylation sites (tertiary alicyclic amines) is 1. The number of carboxylic acids is 1. The molecule has 1 aromatic rings. The van der Waals surface area contributed by atoms with E-state index in [4.69, 9.17) is 9.84 Å². The minimum absolute atomic E-state index is 0.199. The predicted octanol–water partition coefficient (Wildman–Crippen LogP) is 4.41. The number of amides is 1. The summed E-state index contributed by atoms with van der Waals surface area (Å²) in [6.45, 7) is 7.40. The van der Waals surface area contributed by atoms with Gasteiger partial charge in [-0.2, -0.15) is 4.99 Å². The Morgan fingerprint density at radius 2 is 2.10 bits per heavy atom. The number of hydrogen-bond donors (Lipinski definition) is 1. The third-order valence-electron chi connectivity index (χ3n) is 5.35. The van der Waals surface area contributed by atoms with Crippen LogP contribution < -0.4 is 4.74 Å². The van der Waals surface area contributed by atoms with Crippen molar-refractivity contribution in [2.24, 2.45) is 10.4 Å². The Morgan fingerprint density at radius 3 is 2.76 bits per heavy atom. The normalized spacial score (nSPS) is 23.1. The highest BCUT2D eigenvalue weighted by atomic mass is 32.2. The summed E-state index contributed by atoms with van der Waals surface area (Å²) < 4.78 is 5.14. The average Bonchev–Trinajstić information content (AvgIpc) is 2.94. The predicted molar refractivity (Wildman–Crippen MR) is 116 cm³/mol. The molecule has 2 aliphatic heterocycles. The van der Waals surface area contributed by atoms with Gasteiger partial charge in [0.1, 0.15) is 5.75 Å². The van der Waals surface area contributed by atoms with Gasteiger partial charge in [0.25, 0.3) is 5.91 Å².